The zero-order chi connectivity index (χ0) is 29.3. The van der Waals surface area contributed by atoms with Crippen LogP contribution in [0.5, 0.6) is 0 Å². The lowest BCUT2D eigenvalue weighted by atomic mass is 10.0. The van der Waals surface area contributed by atoms with E-state index < -0.39 is 10.0 Å². The fourth-order valence-electron chi connectivity index (χ4n) is 4.75. The highest BCUT2D eigenvalue weighted by molar-refractivity contribution is 7.92. The number of thiophene rings is 1. The molecule has 2 aromatic heterocycles. The number of para-hydroxylation sites is 1. The van der Waals surface area contributed by atoms with Gasteiger partial charge in [-0.25, -0.2) is 18.2 Å². The van der Waals surface area contributed by atoms with Gasteiger partial charge in [-0.05, 0) is 67.4 Å². The van der Waals surface area contributed by atoms with Gasteiger partial charge in [0, 0.05) is 28.2 Å². The number of fused-ring (bicyclic) bond motifs is 2. The number of anilines is 2. The number of aromatic nitrogens is 1. The first kappa shape index (κ1) is 27.9. The van der Waals surface area contributed by atoms with Gasteiger partial charge in [0.2, 0.25) is 0 Å². The minimum absolute atomic E-state index is 0.150. The number of hydrogen-bond donors (Lipinski definition) is 2. The SMILES string of the molecule is CCOC(=O)N1CCc2c(sc(NC(=O)c3ccc(NS(=O)(=O)c4ccccc4)cc3)c2-c2nc3ccccc3s2)C1. The van der Waals surface area contributed by atoms with Crippen molar-refractivity contribution in [3.8, 4) is 10.6 Å². The van der Waals surface area contributed by atoms with Crippen LogP contribution in [0.3, 0.4) is 0 Å². The van der Waals surface area contributed by atoms with E-state index in [4.69, 9.17) is 9.72 Å². The van der Waals surface area contributed by atoms with Gasteiger partial charge in [0.1, 0.15) is 10.0 Å². The van der Waals surface area contributed by atoms with Crippen LogP contribution in [0.1, 0.15) is 27.7 Å². The Morgan fingerprint density at radius 1 is 0.976 bits per heavy atom. The van der Waals surface area contributed by atoms with Crippen LogP contribution in [0.2, 0.25) is 0 Å². The molecule has 0 unspecified atom stereocenters. The Hall–Kier alpha value is -4.26. The summed E-state index contributed by atoms with van der Waals surface area (Å²) >= 11 is 2.99. The summed E-state index contributed by atoms with van der Waals surface area (Å²) in [5, 5.41) is 4.52. The van der Waals surface area contributed by atoms with Crippen molar-refractivity contribution in [2.75, 3.05) is 23.2 Å². The van der Waals surface area contributed by atoms with Gasteiger partial charge in [-0.15, -0.1) is 22.7 Å². The van der Waals surface area contributed by atoms with Crippen LogP contribution >= 0.6 is 22.7 Å². The van der Waals surface area contributed by atoms with Crippen LogP contribution in [0.25, 0.3) is 20.8 Å². The van der Waals surface area contributed by atoms with Gasteiger partial charge in [-0.1, -0.05) is 30.3 Å². The Balaban J connectivity index is 1.28. The quantitative estimate of drug-likeness (QED) is 0.212. The number of ether oxygens (including phenoxy) is 1. The van der Waals surface area contributed by atoms with Gasteiger partial charge in [-0.2, -0.15) is 0 Å². The van der Waals surface area contributed by atoms with Gasteiger partial charge in [0.25, 0.3) is 15.9 Å². The van der Waals surface area contributed by atoms with Gasteiger partial charge in [-0.3, -0.25) is 9.52 Å². The smallest absolute Gasteiger partial charge is 0.410 e. The number of amides is 2. The number of carbonyl (C=O) groups is 2. The average Bonchev–Trinajstić information content (AvgIpc) is 3.58. The Morgan fingerprint density at radius 2 is 1.71 bits per heavy atom. The predicted molar refractivity (Wildman–Crippen MR) is 166 cm³/mol. The number of nitrogens with one attached hydrogen (secondary N) is 2. The maximum atomic E-state index is 13.4. The third-order valence-electron chi connectivity index (χ3n) is 6.77. The number of nitrogens with zero attached hydrogens (tertiary/aromatic N) is 2. The molecule has 5 aromatic rings. The van der Waals surface area contributed by atoms with E-state index in [1.807, 2.05) is 24.3 Å². The molecule has 9 nitrogen and oxygen atoms in total. The summed E-state index contributed by atoms with van der Waals surface area (Å²) in [6, 6.07) is 22.2. The topological polar surface area (TPSA) is 118 Å². The van der Waals surface area contributed by atoms with Crippen molar-refractivity contribution >= 4 is 65.6 Å². The molecule has 0 bridgehead atoms. The molecule has 2 N–H and O–H groups in total. The second kappa shape index (κ2) is 11.6. The summed E-state index contributed by atoms with van der Waals surface area (Å²) in [7, 11) is -3.75. The van der Waals surface area contributed by atoms with Crippen LogP contribution in [0, 0.1) is 0 Å². The molecule has 0 aliphatic carbocycles. The average molecular weight is 619 g/mol. The van der Waals surface area contributed by atoms with Crippen molar-refractivity contribution in [3.63, 3.8) is 0 Å². The number of sulfonamides is 1. The highest BCUT2D eigenvalue weighted by atomic mass is 32.2. The molecule has 0 saturated heterocycles. The molecule has 2 amide bonds. The van der Waals surface area contributed by atoms with Gasteiger partial charge < -0.3 is 15.0 Å². The number of thiazole rings is 1. The molecule has 3 heterocycles. The van der Waals surface area contributed by atoms with Crippen molar-refractivity contribution in [1.29, 1.82) is 0 Å². The maximum absolute atomic E-state index is 13.4. The Morgan fingerprint density at radius 3 is 2.45 bits per heavy atom. The summed E-state index contributed by atoms with van der Waals surface area (Å²) in [5.41, 5.74) is 3.54. The molecule has 0 saturated carbocycles. The zero-order valence-electron chi connectivity index (χ0n) is 22.5. The normalized spacial score (nSPS) is 13.0. The minimum Gasteiger partial charge on any atom is -0.450 e. The first-order chi connectivity index (χ1) is 20.3. The van der Waals surface area contributed by atoms with E-state index in [0.717, 1.165) is 31.2 Å². The highest BCUT2D eigenvalue weighted by Crippen LogP contribution is 2.46. The molecule has 1 aliphatic heterocycles. The maximum Gasteiger partial charge on any atom is 0.410 e. The molecule has 3 aromatic carbocycles. The fourth-order valence-corrected chi connectivity index (χ4v) is 8.19. The third kappa shape index (κ3) is 5.60. The van der Waals surface area contributed by atoms with E-state index >= 15 is 0 Å². The second-order valence-corrected chi connectivity index (χ2v) is 13.3. The van der Waals surface area contributed by atoms with E-state index in [2.05, 4.69) is 10.0 Å². The molecule has 214 valence electrons. The highest BCUT2D eigenvalue weighted by Gasteiger charge is 2.30. The Kier molecular flexibility index (Phi) is 7.67. The molecule has 42 heavy (non-hydrogen) atoms. The summed E-state index contributed by atoms with van der Waals surface area (Å²) in [6.07, 6.45) is 0.258. The summed E-state index contributed by atoms with van der Waals surface area (Å²) < 4.78 is 34.1. The monoisotopic (exact) mass is 618 g/mol. The van der Waals surface area contributed by atoms with Gasteiger partial charge in [0.05, 0.1) is 28.3 Å². The van der Waals surface area contributed by atoms with Crippen LogP contribution in [0.4, 0.5) is 15.5 Å². The first-order valence-electron chi connectivity index (χ1n) is 13.2. The van der Waals surface area contributed by atoms with Crippen molar-refractivity contribution < 1.29 is 22.7 Å². The molecule has 1 aliphatic rings. The Labute approximate surface area is 250 Å². The van der Waals surface area contributed by atoms with Gasteiger partial charge in [0.15, 0.2) is 0 Å². The van der Waals surface area contributed by atoms with Crippen LogP contribution < -0.4 is 10.0 Å². The van der Waals surface area contributed by atoms with Crippen LogP contribution in [-0.2, 0) is 27.7 Å². The van der Waals surface area contributed by atoms with Crippen LogP contribution in [-0.4, -0.2) is 43.5 Å². The van der Waals surface area contributed by atoms with E-state index in [9.17, 15) is 18.0 Å². The molecule has 0 spiro atoms. The largest absolute Gasteiger partial charge is 0.450 e. The fraction of sp³-hybridized carbons (Fsp3) is 0.167. The second-order valence-electron chi connectivity index (χ2n) is 9.52. The first-order valence-corrected chi connectivity index (χ1v) is 16.4. The van der Waals surface area contributed by atoms with E-state index in [-0.39, 0.29) is 16.9 Å². The summed E-state index contributed by atoms with van der Waals surface area (Å²) in [5.74, 6) is -0.337. The standard InChI is InChI=1S/C30H26N4O5S3/c1-2-39-30(36)34-17-16-22-25(18-34)41-29(26(22)28-31-23-10-6-7-11-24(23)40-28)32-27(35)19-12-14-20(15-13-19)33-42(37,38)21-8-4-3-5-9-21/h3-15,33H,2,16-18H2,1H3,(H,32,35). The van der Waals surface area contributed by atoms with Crippen molar-refractivity contribution in [2.24, 2.45) is 0 Å². The molecule has 12 heteroatoms. The number of benzene rings is 3. The van der Waals surface area contributed by atoms with E-state index in [1.54, 1.807) is 65.6 Å². The molecule has 6 rings (SSSR count). The molecular formula is C30H26N4O5S3. The van der Waals surface area contributed by atoms with E-state index in [0.29, 0.717) is 42.4 Å². The lowest BCUT2D eigenvalue weighted by molar-refractivity contribution is 0.102. The number of carbonyl (C=O) groups excluding carboxylic acids is 2. The molecular weight excluding hydrogens is 593 g/mol. The summed E-state index contributed by atoms with van der Waals surface area (Å²) in [6.45, 7) is 2.98. The minimum atomic E-state index is -3.75. The van der Waals surface area contributed by atoms with Crippen molar-refractivity contribution in [3.05, 3.63) is 94.9 Å². The molecule has 0 atom stereocenters. The molecule has 0 fully saturated rings. The van der Waals surface area contributed by atoms with Crippen molar-refractivity contribution in [1.82, 2.24) is 9.88 Å². The third-order valence-corrected chi connectivity index (χ3v) is 10.4. The van der Waals surface area contributed by atoms with Crippen LogP contribution in [0.15, 0.2) is 83.8 Å². The molecule has 0 radical (unpaired) electrons. The lowest BCUT2D eigenvalue weighted by Gasteiger charge is -2.26. The zero-order valence-corrected chi connectivity index (χ0v) is 24.9. The summed E-state index contributed by atoms with van der Waals surface area (Å²) in [4.78, 5) is 33.5. The number of hydrogen-bond acceptors (Lipinski definition) is 8. The predicted octanol–water partition coefficient (Wildman–Crippen LogP) is 6.59. The number of rotatable bonds is 7. The van der Waals surface area contributed by atoms with Gasteiger partial charge >= 0.3 is 6.09 Å². The Bertz CT molecular complexity index is 1850. The lowest BCUT2D eigenvalue weighted by Crippen LogP contribution is -2.35. The van der Waals surface area contributed by atoms with E-state index in [1.165, 1.54) is 23.5 Å². The van der Waals surface area contributed by atoms with Crippen molar-refractivity contribution in [2.45, 2.75) is 24.8 Å².